The maximum absolute atomic E-state index is 10.6. The first-order valence-electron chi connectivity index (χ1n) is 3.30. The molecule has 56 valence electrons. The lowest BCUT2D eigenvalue weighted by atomic mass is 10.3. The van der Waals surface area contributed by atoms with E-state index in [0.717, 1.165) is 13.1 Å². The van der Waals surface area contributed by atoms with E-state index in [1.807, 2.05) is 0 Å². The second-order valence-corrected chi connectivity index (χ2v) is 4.26. The molecule has 1 saturated heterocycles. The lowest BCUT2D eigenvalue weighted by Gasteiger charge is -2.06. The third-order valence-corrected chi connectivity index (χ3v) is 4.03. The van der Waals surface area contributed by atoms with Crippen LogP contribution >= 0.6 is 15.9 Å². The number of nitrogens with one attached hydrogen (secondary N) is 1. The van der Waals surface area contributed by atoms with Crippen molar-refractivity contribution < 1.29 is 9.90 Å². The average molecular weight is 206 g/mol. The molecule has 0 aromatic heterocycles. The summed E-state index contributed by atoms with van der Waals surface area (Å²) in [5, 5.41) is 11.9. The summed E-state index contributed by atoms with van der Waals surface area (Å²) in [6.45, 7) is 1.70. The maximum Gasteiger partial charge on any atom is 0.321 e. The van der Waals surface area contributed by atoms with Gasteiger partial charge in [0.25, 0.3) is 0 Å². The van der Waals surface area contributed by atoms with E-state index >= 15 is 0 Å². The highest BCUT2D eigenvalue weighted by Gasteiger charge is 2.70. The fraction of sp³-hybridized carbons (Fsp3) is 0.833. The molecule has 2 rings (SSSR count). The van der Waals surface area contributed by atoms with E-state index in [2.05, 4.69) is 21.2 Å². The van der Waals surface area contributed by atoms with Gasteiger partial charge in [-0.25, -0.2) is 0 Å². The summed E-state index contributed by atoms with van der Waals surface area (Å²) in [6.07, 6.45) is 0. The van der Waals surface area contributed by atoms with Crippen molar-refractivity contribution >= 4 is 21.9 Å². The summed E-state index contributed by atoms with van der Waals surface area (Å²) in [7, 11) is 0. The minimum Gasteiger partial charge on any atom is -0.480 e. The molecule has 3 nitrogen and oxygen atoms in total. The normalized spacial score (nSPS) is 50.5. The molecular weight excluding hydrogens is 198 g/mol. The number of hydrogen-bond acceptors (Lipinski definition) is 2. The number of piperidine rings is 1. The molecule has 4 heteroatoms. The largest absolute Gasteiger partial charge is 0.480 e. The van der Waals surface area contributed by atoms with Gasteiger partial charge in [-0.15, -0.1) is 0 Å². The molecule has 0 aromatic carbocycles. The van der Waals surface area contributed by atoms with E-state index in [1.54, 1.807) is 0 Å². The minimum atomic E-state index is -0.705. The molecule has 1 saturated carbocycles. The molecule has 10 heavy (non-hydrogen) atoms. The topological polar surface area (TPSA) is 49.3 Å². The Balaban J connectivity index is 2.17. The number of alkyl halides is 1. The summed E-state index contributed by atoms with van der Waals surface area (Å²) < 4.78 is -0.571. The summed E-state index contributed by atoms with van der Waals surface area (Å²) in [6, 6.07) is 0. The van der Waals surface area contributed by atoms with Gasteiger partial charge in [-0.2, -0.15) is 0 Å². The predicted molar refractivity (Wildman–Crippen MR) is 39.1 cm³/mol. The Kier molecular flexibility index (Phi) is 1.15. The molecule has 1 heterocycles. The van der Waals surface area contributed by atoms with Gasteiger partial charge in [0, 0.05) is 24.9 Å². The van der Waals surface area contributed by atoms with Gasteiger partial charge in [-0.3, -0.25) is 4.79 Å². The quantitative estimate of drug-likeness (QED) is 0.596. The Morgan fingerprint density at radius 3 is 2.40 bits per heavy atom. The van der Waals surface area contributed by atoms with E-state index in [4.69, 9.17) is 5.11 Å². The predicted octanol–water partition coefficient (Wildman–Crippen LogP) is 0.0539. The van der Waals surface area contributed by atoms with Crippen LogP contribution in [0.2, 0.25) is 0 Å². The second-order valence-electron chi connectivity index (χ2n) is 2.94. The van der Waals surface area contributed by atoms with Crippen molar-refractivity contribution in [1.82, 2.24) is 5.32 Å². The van der Waals surface area contributed by atoms with Crippen molar-refractivity contribution in [3.8, 4) is 0 Å². The Morgan fingerprint density at radius 2 is 2.10 bits per heavy atom. The number of carbonyl (C=O) groups is 1. The van der Waals surface area contributed by atoms with Crippen LogP contribution in [0.3, 0.4) is 0 Å². The second kappa shape index (κ2) is 1.74. The van der Waals surface area contributed by atoms with E-state index in [-0.39, 0.29) is 0 Å². The van der Waals surface area contributed by atoms with Crippen molar-refractivity contribution in [2.45, 2.75) is 4.32 Å². The molecular formula is C6H8BrNO2. The van der Waals surface area contributed by atoms with Crippen LogP contribution in [0.25, 0.3) is 0 Å². The third kappa shape index (κ3) is 0.563. The first-order chi connectivity index (χ1) is 4.67. The molecule has 3 atom stereocenters. The smallest absolute Gasteiger partial charge is 0.321 e. The van der Waals surface area contributed by atoms with Gasteiger partial charge in [-0.1, -0.05) is 15.9 Å². The van der Waals surface area contributed by atoms with Crippen LogP contribution in [0.15, 0.2) is 0 Å². The summed E-state index contributed by atoms with van der Waals surface area (Å²) in [4.78, 5) is 10.6. The number of aliphatic carboxylic acids is 1. The molecule has 0 aromatic rings. The SMILES string of the molecule is O=C(O)C1(Br)[C@@H]2CNC[C@@H]21. The van der Waals surface area contributed by atoms with Gasteiger partial charge < -0.3 is 10.4 Å². The number of rotatable bonds is 1. The van der Waals surface area contributed by atoms with E-state index in [1.165, 1.54) is 0 Å². The first kappa shape index (κ1) is 6.61. The Bertz CT molecular complexity index is 184. The van der Waals surface area contributed by atoms with Crippen molar-refractivity contribution in [2.24, 2.45) is 11.8 Å². The highest BCUT2D eigenvalue weighted by molar-refractivity contribution is 9.10. The number of carboxylic acid groups (broad SMARTS) is 1. The van der Waals surface area contributed by atoms with E-state index in [9.17, 15) is 4.79 Å². The molecule has 1 aliphatic heterocycles. The lowest BCUT2D eigenvalue weighted by Crippen LogP contribution is -2.28. The molecule has 2 fully saturated rings. The zero-order chi connectivity index (χ0) is 7.35. The number of hydrogen-bond donors (Lipinski definition) is 2. The molecule has 2 N–H and O–H groups in total. The molecule has 2 aliphatic rings. The van der Waals surface area contributed by atoms with Crippen LogP contribution in [0, 0.1) is 11.8 Å². The molecule has 0 bridgehead atoms. The number of halogens is 1. The fourth-order valence-electron chi connectivity index (χ4n) is 1.79. The summed E-state index contributed by atoms with van der Waals surface area (Å²) in [5.41, 5.74) is 0. The van der Waals surface area contributed by atoms with Crippen molar-refractivity contribution in [3.63, 3.8) is 0 Å². The van der Waals surface area contributed by atoms with Crippen molar-refractivity contribution in [2.75, 3.05) is 13.1 Å². The van der Waals surface area contributed by atoms with Crippen molar-refractivity contribution in [1.29, 1.82) is 0 Å². The van der Waals surface area contributed by atoms with E-state index in [0.29, 0.717) is 11.8 Å². The van der Waals surface area contributed by atoms with Crippen LogP contribution < -0.4 is 5.32 Å². The van der Waals surface area contributed by atoms with Crippen LogP contribution in [-0.4, -0.2) is 28.5 Å². The Labute approximate surface area is 66.9 Å². The van der Waals surface area contributed by atoms with E-state index < -0.39 is 10.3 Å². The number of carboxylic acids is 1. The van der Waals surface area contributed by atoms with Crippen molar-refractivity contribution in [3.05, 3.63) is 0 Å². The molecule has 0 spiro atoms. The minimum absolute atomic E-state index is 0.324. The molecule has 0 amide bonds. The zero-order valence-electron chi connectivity index (χ0n) is 5.30. The third-order valence-electron chi connectivity index (χ3n) is 2.51. The molecule has 1 unspecified atom stereocenters. The fourth-order valence-corrected chi connectivity index (χ4v) is 2.62. The molecule has 0 radical (unpaired) electrons. The summed E-state index contributed by atoms with van der Waals surface area (Å²) in [5.74, 6) is -0.0565. The van der Waals surface area contributed by atoms with Crippen LogP contribution in [0.1, 0.15) is 0 Å². The van der Waals surface area contributed by atoms with Gasteiger partial charge in [0.1, 0.15) is 4.32 Å². The maximum atomic E-state index is 10.6. The van der Waals surface area contributed by atoms with Gasteiger partial charge in [0.2, 0.25) is 0 Å². The van der Waals surface area contributed by atoms with Gasteiger partial charge >= 0.3 is 5.97 Å². The first-order valence-corrected chi connectivity index (χ1v) is 4.09. The average Bonchev–Trinajstić information content (AvgIpc) is 2.28. The van der Waals surface area contributed by atoms with Crippen LogP contribution in [0.5, 0.6) is 0 Å². The highest BCUT2D eigenvalue weighted by atomic mass is 79.9. The van der Waals surface area contributed by atoms with Crippen LogP contribution in [0.4, 0.5) is 0 Å². The Morgan fingerprint density at radius 1 is 1.60 bits per heavy atom. The Hall–Kier alpha value is -0.0900. The monoisotopic (exact) mass is 205 g/mol. The van der Waals surface area contributed by atoms with Gasteiger partial charge in [-0.05, 0) is 0 Å². The summed E-state index contributed by atoms with van der Waals surface area (Å²) >= 11 is 3.26. The standard InChI is InChI=1S/C6H8BrNO2/c7-6(5(9)10)3-1-8-2-4(3)6/h3-4,8H,1-2H2,(H,9,10)/t3-,4+,6?. The number of fused-ring (bicyclic) bond motifs is 1. The zero-order valence-corrected chi connectivity index (χ0v) is 6.89. The molecule has 1 aliphatic carbocycles. The lowest BCUT2D eigenvalue weighted by molar-refractivity contribution is -0.137. The highest BCUT2D eigenvalue weighted by Crippen LogP contribution is 2.59. The van der Waals surface area contributed by atoms with Gasteiger partial charge in [0.15, 0.2) is 0 Å². The van der Waals surface area contributed by atoms with Crippen LogP contribution in [-0.2, 0) is 4.79 Å². The van der Waals surface area contributed by atoms with Gasteiger partial charge in [0.05, 0.1) is 0 Å².